The number of benzene rings is 1. The Balaban J connectivity index is 1.39. The first-order valence-electron chi connectivity index (χ1n) is 11.9. The van der Waals surface area contributed by atoms with Crippen molar-refractivity contribution in [1.29, 1.82) is 0 Å². The zero-order valence-corrected chi connectivity index (χ0v) is 18.8. The van der Waals surface area contributed by atoms with E-state index in [0.29, 0.717) is 29.2 Å². The Bertz CT molecular complexity index is 1290. The fourth-order valence-electron chi connectivity index (χ4n) is 5.01. The van der Waals surface area contributed by atoms with Crippen LogP contribution in [0.15, 0.2) is 75.1 Å². The highest BCUT2D eigenvalue weighted by Gasteiger charge is 2.31. The average molecular weight is 446 g/mol. The molecule has 3 aliphatic heterocycles. The van der Waals surface area contributed by atoms with Crippen LogP contribution in [0.3, 0.4) is 0 Å². The van der Waals surface area contributed by atoms with Crippen LogP contribution in [0.25, 0.3) is 16.5 Å². The number of nitrogens with one attached hydrogen (secondary N) is 1. The van der Waals surface area contributed by atoms with Gasteiger partial charge in [0.15, 0.2) is 0 Å². The second-order valence-corrected chi connectivity index (χ2v) is 9.52. The molecule has 33 heavy (non-hydrogen) atoms. The molecule has 1 saturated heterocycles. The van der Waals surface area contributed by atoms with Crippen LogP contribution in [0.1, 0.15) is 31.7 Å². The summed E-state index contributed by atoms with van der Waals surface area (Å²) in [7, 11) is 0. The number of allylic oxidation sites excluding steroid dienone is 5. The van der Waals surface area contributed by atoms with Gasteiger partial charge in [0.05, 0.1) is 11.3 Å². The largest absolute Gasteiger partial charge is 0.422 e. The summed E-state index contributed by atoms with van der Waals surface area (Å²) in [6.07, 6.45) is 10.4. The van der Waals surface area contributed by atoms with E-state index in [1.54, 1.807) is 6.08 Å². The van der Waals surface area contributed by atoms with Crippen LogP contribution in [0.4, 0.5) is 10.1 Å². The third-order valence-electron chi connectivity index (χ3n) is 7.14. The number of fused-ring (bicyclic) bond motifs is 2. The molecule has 1 aromatic carbocycles. The molecule has 4 aliphatic rings. The van der Waals surface area contributed by atoms with Gasteiger partial charge in [0, 0.05) is 55.7 Å². The number of rotatable bonds is 3. The van der Waals surface area contributed by atoms with Crippen molar-refractivity contribution in [2.75, 3.05) is 31.1 Å². The first-order valence-corrected chi connectivity index (χ1v) is 11.9. The van der Waals surface area contributed by atoms with E-state index in [0.717, 1.165) is 61.2 Å². The summed E-state index contributed by atoms with van der Waals surface area (Å²) in [6, 6.07) is 8.01. The molecule has 6 heteroatoms. The fourth-order valence-corrected chi connectivity index (χ4v) is 5.01. The highest BCUT2D eigenvalue weighted by Crippen LogP contribution is 2.42. The molecule has 0 bridgehead atoms. The molecule has 2 fully saturated rings. The second kappa shape index (κ2) is 8.03. The molecule has 6 rings (SSSR count). The normalized spacial score (nSPS) is 23.4. The van der Waals surface area contributed by atoms with Gasteiger partial charge in [0.1, 0.15) is 11.4 Å². The molecule has 4 heterocycles. The van der Waals surface area contributed by atoms with Gasteiger partial charge in [-0.2, -0.15) is 0 Å². The highest BCUT2D eigenvalue weighted by molar-refractivity contribution is 5.84. The van der Waals surface area contributed by atoms with Crippen LogP contribution in [0.2, 0.25) is 0 Å². The molecule has 0 spiro atoms. The minimum absolute atomic E-state index is 0.0640. The molecular formula is C27H28FN3O2. The molecule has 0 amide bonds. The number of halogens is 1. The summed E-state index contributed by atoms with van der Waals surface area (Å²) in [4.78, 5) is 17.3. The first-order chi connectivity index (χ1) is 16.1. The van der Waals surface area contributed by atoms with Gasteiger partial charge in [-0.25, -0.2) is 9.18 Å². The Hall–Kier alpha value is -3.12. The van der Waals surface area contributed by atoms with E-state index in [1.165, 1.54) is 0 Å². The van der Waals surface area contributed by atoms with Crippen molar-refractivity contribution in [3.05, 3.63) is 81.9 Å². The maximum Gasteiger partial charge on any atom is 0.343 e. The van der Waals surface area contributed by atoms with E-state index in [-0.39, 0.29) is 17.4 Å². The number of piperazine rings is 1. The third kappa shape index (κ3) is 3.82. The van der Waals surface area contributed by atoms with Crippen LogP contribution in [0, 0.1) is 11.8 Å². The summed E-state index contributed by atoms with van der Waals surface area (Å²) in [5, 5.41) is 4.25. The van der Waals surface area contributed by atoms with Crippen molar-refractivity contribution in [3.8, 4) is 0 Å². The molecule has 0 radical (unpaired) electrons. The number of nitrogens with zero attached hydrogens (tertiary/aromatic N) is 2. The van der Waals surface area contributed by atoms with E-state index in [4.69, 9.17) is 4.42 Å². The molecule has 1 N–H and O–H groups in total. The highest BCUT2D eigenvalue weighted by atomic mass is 19.1. The topological polar surface area (TPSA) is 48.7 Å². The van der Waals surface area contributed by atoms with Crippen molar-refractivity contribution in [2.45, 2.75) is 26.2 Å². The van der Waals surface area contributed by atoms with Crippen molar-refractivity contribution in [2.24, 2.45) is 11.8 Å². The summed E-state index contributed by atoms with van der Waals surface area (Å²) in [6.45, 7) is 5.85. The maximum absolute atomic E-state index is 14.9. The van der Waals surface area contributed by atoms with Gasteiger partial charge in [0.2, 0.25) is 0 Å². The Morgan fingerprint density at radius 3 is 2.73 bits per heavy atom. The van der Waals surface area contributed by atoms with Crippen molar-refractivity contribution in [3.63, 3.8) is 0 Å². The predicted molar refractivity (Wildman–Crippen MR) is 129 cm³/mol. The van der Waals surface area contributed by atoms with E-state index >= 15 is 0 Å². The molecule has 5 nitrogen and oxygen atoms in total. The van der Waals surface area contributed by atoms with E-state index < -0.39 is 0 Å². The minimum atomic E-state index is -0.346. The summed E-state index contributed by atoms with van der Waals surface area (Å²) < 4.78 is 20.7. The molecule has 2 aromatic rings. The molecule has 1 atom stereocenters. The zero-order valence-electron chi connectivity index (χ0n) is 18.8. The first kappa shape index (κ1) is 20.5. The lowest BCUT2D eigenvalue weighted by molar-refractivity contribution is 0.532. The van der Waals surface area contributed by atoms with Gasteiger partial charge in [0.25, 0.3) is 0 Å². The second-order valence-electron chi connectivity index (χ2n) is 9.52. The Labute approximate surface area is 192 Å². The Morgan fingerprint density at radius 2 is 1.94 bits per heavy atom. The fraction of sp³-hybridized carbons (Fsp3) is 0.370. The standard InChI is InChI=1S/C27H28FN3O2/c1-17-2-7-25-24(28)13-20(18-3-4-18)15-31(25)16-23(17)22-12-19-5-6-21(14-26(19)33-27(22)32)30-10-8-29-9-11-30/h5-7,12-18,29H,2-4,8-11H2,1H3. The summed E-state index contributed by atoms with van der Waals surface area (Å²) in [5.41, 5.74) is 4.35. The smallest absolute Gasteiger partial charge is 0.343 e. The minimum Gasteiger partial charge on any atom is -0.422 e. The monoisotopic (exact) mass is 445 g/mol. The molecular weight excluding hydrogens is 417 g/mol. The third-order valence-corrected chi connectivity index (χ3v) is 7.14. The Kier molecular flexibility index (Phi) is 4.98. The summed E-state index contributed by atoms with van der Waals surface area (Å²) >= 11 is 0. The van der Waals surface area contributed by atoms with Crippen molar-refractivity contribution < 1.29 is 8.81 Å². The average Bonchev–Trinajstić information content (AvgIpc) is 3.67. The molecule has 170 valence electrons. The van der Waals surface area contributed by atoms with E-state index in [2.05, 4.69) is 23.2 Å². The van der Waals surface area contributed by atoms with Gasteiger partial charge in [-0.3, -0.25) is 0 Å². The van der Waals surface area contributed by atoms with Crippen LogP contribution < -0.4 is 15.8 Å². The SMILES string of the molecule is CC1CC=C2C(F)=CC(C3CC3)=CN2C=C1c1cc2ccc(N3CCNCC3)cc2oc1=O. The molecule has 1 aromatic heterocycles. The lowest BCUT2D eigenvalue weighted by atomic mass is 9.93. The molecule has 1 aliphatic carbocycles. The lowest BCUT2D eigenvalue weighted by Gasteiger charge is -2.29. The number of anilines is 1. The van der Waals surface area contributed by atoms with Gasteiger partial charge in [-0.1, -0.05) is 13.0 Å². The van der Waals surface area contributed by atoms with E-state index in [9.17, 15) is 9.18 Å². The maximum atomic E-state index is 14.9. The van der Waals surface area contributed by atoms with Crippen LogP contribution in [0.5, 0.6) is 0 Å². The lowest BCUT2D eigenvalue weighted by Crippen LogP contribution is -2.43. The van der Waals surface area contributed by atoms with Gasteiger partial charge in [-0.15, -0.1) is 0 Å². The van der Waals surface area contributed by atoms with Crippen molar-refractivity contribution >= 4 is 22.2 Å². The van der Waals surface area contributed by atoms with Gasteiger partial charge in [-0.05, 0) is 66.5 Å². The van der Waals surface area contributed by atoms with Crippen molar-refractivity contribution in [1.82, 2.24) is 10.2 Å². The van der Waals surface area contributed by atoms with Crippen LogP contribution >= 0.6 is 0 Å². The quantitative estimate of drug-likeness (QED) is 0.679. The zero-order chi connectivity index (χ0) is 22.5. The Morgan fingerprint density at radius 1 is 1.12 bits per heavy atom. The van der Waals surface area contributed by atoms with Crippen LogP contribution in [-0.2, 0) is 0 Å². The number of hydrogen-bond acceptors (Lipinski definition) is 5. The van der Waals surface area contributed by atoms with Gasteiger partial charge < -0.3 is 19.5 Å². The molecule has 1 saturated carbocycles. The van der Waals surface area contributed by atoms with E-state index in [1.807, 2.05) is 41.6 Å². The molecule has 1 unspecified atom stereocenters. The van der Waals surface area contributed by atoms with Gasteiger partial charge >= 0.3 is 5.63 Å². The van der Waals surface area contributed by atoms with Crippen LogP contribution in [-0.4, -0.2) is 31.1 Å². The summed E-state index contributed by atoms with van der Waals surface area (Å²) in [5.74, 6) is 0.315. The predicted octanol–water partition coefficient (Wildman–Crippen LogP) is 4.93. The number of hydrogen-bond donors (Lipinski definition) is 1.